The number of alkyl halides is 3. The van der Waals surface area contributed by atoms with Crippen LogP contribution in [0.1, 0.15) is 5.56 Å². The molecule has 0 unspecified atom stereocenters. The minimum absolute atomic E-state index is 0.266. The molecule has 1 aromatic rings. The molecule has 0 aromatic heterocycles. The molecule has 0 aliphatic heterocycles. The van der Waals surface area contributed by atoms with Crippen LogP contribution in [0.3, 0.4) is 0 Å². The van der Waals surface area contributed by atoms with E-state index in [1.165, 1.54) is 10.8 Å². The number of benzene rings is 1. The first kappa shape index (κ1) is 15.9. The highest BCUT2D eigenvalue weighted by molar-refractivity contribution is 7.89. The molecule has 0 fully saturated rings. The summed E-state index contributed by atoms with van der Waals surface area (Å²) in [6, 6.07) is 3.23. The summed E-state index contributed by atoms with van der Waals surface area (Å²) in [4.78, 5) is -0.801. The van der Waals surface area contributed by atoms with Crippen molar-refractivity contribution in [3.05, 3.63) is 29.6 Å². The molecule has 0 aliphatic rings. The summed E-state index contributed by atoms with van der Waals surface area (Å²) >= 11 is 0. The van der Waals surface area contributed by atoms with Crippen LogP contribution in [-0.4, -0.2) is 28.2 Å². The summed E-state index contributed by atoms with van der Waals surface area (Å²) < 4.78 is 73.8. The Kier molecular flexibility index (Phi) is 4.88. The van der Waals surface area contributed by atoms with Gasteiger partial charge in [0.15, 0.2) is 0 Å². The van der Waals surface area contributed by atoms with Crippen LogP contribution in [0.15, 0.2) is 23.1 Å². The minimum atomic E-state index is -4.70. The fourth-order valence-corrected chi connectivity index (χ4v) is 2.46. The third kappa shape index (κ3) is 4.77. The van der Waals surface area contributed by atoms with Crippen molar-refractivity contribution in [2.45, 2.75) is 17.6 Å². The van der Waals surface area contributed by atoms with Crippen LogP contribution in [0.25, 0.3) is 0 Å². The Balaban J connectivity index is 3.03. The zero-order chi connectivity index (χ0) is 14.7. The van der Waals surface area contributed by atoms with Gasteiger partial charge in [-0.15, -0.1) is 0 Å². The zero-order valence-corrected chi connectivity index (χ0v) is 10.7. The van der Waals surface area contributed by atoms with Gasteiger partial charge in [-0.05, 0) is 24.7 Å². The molecule has 0 amide bonds. The molecule has 0 radical (unpaired) electrons. The Morgan fingerprint density at radius 3 is 2.42 bits per heavy atom. The van der Waals surface area contributed by atoms with E-state index in [0.717, 1.165) is 12.1 Å². The maximum absolute atomic E-state index is 13.4. The van der Waals surface area contributed by atoms with Crippen LogP contribution >= 0.6 is 0 Å². The minimum Gasteiger partial charge on any atom is -0.316 e. The highest BCUT2D eigenvalue weighted by Crippen LogP contribution is 2.18. The molecular formula is C10H12F4N2O2S. The lowest BCUT2D eigenvalue weighted by Gasteiger charge is -2.11. The fourth-order valence-electron chi connectivity index (χ4n) is 1.32. The summed E-state index contributed by atoms with van der Waals surface area (Å²) in [5, 5.41) is 2.72. The summed E-state index contributed by atoms with van der Waals surface area (Å²) in [7, 11) is -2.94. The van der Waals surface area contributed by atoms with Gasteiger partial charge in [-0.3, -0.25) is 0 Å². The standard InChI is InChI=1S/C10H12F4N2O2S/c1-15-5-7-2-3-8(11)9(4-7)19(17,18)16-6-10(12,13)14/h2-4,15-16H,5-6H2,1H3. The Labute approximate surface area is 107 Å². The van der Waals surface area contributed by atoms with Gasteiger partial charge < -0.3 is 5.32 Å². The van der Waals surface area contributed by atoms with Crippen molar-refractivity contribution in [3.8, 4) is 0 Å². The predicted molar refractivity (Wildman–Crippen MR) is 60.4 cm³/mol. The van der Waals surface area contributed by atoms with Gasteiger partial charge in [0.1, 0.15) is 17.3 Å². The van der Waals surface area contributed by atoms with E-state index in [0.29, 0.717) is 5.56 Å². The first-order valence-corrected chi connectivity index (χ1v) is 6.63. The second-order valence-electron chi connectivity index (χ2n) is 3.73. The molecule has 1 rings (SSSR count). The number of nitrogens with one attached hydrogen (secondary N) is 2. The van der Waals surface area contributed by atoms with Crippen molar-refractivity contribution in [1.82, 2.24) is 10.0 Å². The predicted octanol–water partition coefficient (Wildman–Crippen LogP) is 1.39. The van der Waals surface area contributed by atoms with Crippen LogP contribution in [0.2, 0.25) is 0 Å². The lowest BCUT2D eigenvalue weighted by Crippen LogP contribution is -2.34. The first-order valence-electron chi connectivity index (χ1n) is 5.15. The van der Waals surface area contributed by atoms with Gasteiger partial charge >= 0.3 is 6.18 Å². The van der Waals surface area contributed by atoms with Crippen LogP contribution < -0.4 is 10.0 Å². The SMILES string of the molecule is CNCc1ccc(F)c(S(=O)(=O)NCC(F)(F)F)c1. The largest absolute Gasteiger partial charge is 0.402 e. The average Bonchev–Trinajstić information content (AvgIpc) is 2.29. The van der Waals surface area contributed by atoms with Crippen LogP contribution in [0.4, 0.5) is 17.6 Å². The van der Waals surface area contributed by atoms with Crippen molar-refractivity contribution >= 4 is 10.0 Å². The molecule has 0 atom stereocenters. The van der Waals surface area contributed by atoms with E-state index < -0.39 is 33.5 Å². The van der Waals surface area contributed by atoms with Crippen molar-refractivity contribution in [1.29, 1.82) is 0 Å². The molecule has 0 spiro atoms. The van der Waals surface area contributed by atoms with Crippen molar-refractivity contribution < 1.29 is 26.0 Å². The van der Waals surface area contributed by atoms with Crippen LogP contribution in [0.5, 0.6) is 0 Å². The third-order valence-corrected chi connectivity index (χ3v) is 3.54. The van der Waals surface area contributed by atoms with Gasteiger partial charge in [0.2, 0.25) is 10.0 Å². The van der Waals surface area contributed by atoms with Crippen molar-refractivity contribution in [2.75, 3.05) is 13.6 Å². The molecule has 0 saturated carbocycles. The van der Waals surface area contributed by atoms with Gasteiger partial charge in [-0.1, -0.05) is 6.07 Å². The van der Waals surface area contributed by atoms with E-state index in [-0.39, 0.29) is 6.54 Å². The smallest absolute Gasteiger partial charge is 0.316 e. The molecule has 1 aromatic carbocycles. The summed E-state index contributed by atoms with van der Waals surface area (Å²) in [5.74, 6) is -1.10. The highest BCUT2D eigenvalue weighted by Gasteiger charge is 2.31. The number of sulfonamides is 1. The molecule has 0 saturated heterocycles. The van der Waals surface area contributed by atoms with Gasteiger partial charge in [-0.25, -0.2) is 17.5 Å². The first-order chi connectivity index (χ1) is 8.65. The van der Waals surface area contributed by atoms with E-state index in [1.54, 1.807) is 7.05 Å². The topological polar surface area (TPSA) is 58.2 Å². The maximum atomic E-state index is 13.4. The normalized spacial score (nSPS) is 12.7. The lowest BCUT2D eigenvalue weighted by molar-refractivity contribution is -0.121. The van der Waals surface area contributed by atoms with E-state index in [9.17, 15) is 26.0 Å². The van der Waals surface area contributed by atoms with E-state index in [4.69, 9.17) is 0 Å². The molecule has 0 aliphatic carbocycles. The summed E-state index contributed by atoms with van der Waals surface area (Å²) in [6.45, 7) is -1.48. The Morgan fingerprint density at radius 2 is 1.89 bits per heavy atom. The second-order valence-corrected chi connectivity index (χ2v) is 5.47. The van der Waals surface area contributed by atoms with Gasteiger partial charge in [0.25, 0.3) is 0 Å². The van der Waals surface area contributed by atoms with Crippen molar-refractivity contribution in [3.63, 3.8) is 0 Å². The molecule has 0 heterocycles. The van der Waals surface area contributed by atoms with E-state index in [1.807, 2.05) is 0 Å². The lowest BCUT2D eigenvalue weighted by atomic mass is 10.2. The third-order valence-electron chi connectivity index (χ3n) is 2.13. The monoisotopic (exact) mass is 300 g/mol. The Hall–Kier alpha value is -1.19. The Bertz CT molecular complexity index is 543. The second kappa shape index (κ2) is 5.85. The highest BCUT2D eigenvalue weighted by atomic mass is 32.2. The van der Waals surface area contributed by atoms with Crippen LogP contribution in [-0.2, 0) is 16.6 Å². The van der Waals surface area contributed by atoms with E-state index >= 15 is 0 Å². The molecular weight excluding hydrogens is 288 g/mol. The van der Waals surface area contributed by atoms with E-state index in [2.05, 4.69) is 5.32 Å². The molecule has 0 bridgehead atoms. The van der Waals surface area contributed by atoms with Gasteiger partial charge in [0, 0.05) is 6.54 Å². The number of rotatable bonds is 5. The molecule has 108 valence electrons. The quantitative estimate of drug-likeness (QED) is 0.808. The van der Waals surface area contributed by atoms with Gasteiger partial charge in [0.05, 0.1) is 0 Å². The van der Waals surface area contributed by atoms with Crippen molar-refractivity contribution in [2.24, 2.45) is 0 Å². The average molecular weight is 300 g/mol. The number of hydrogen-bond donors (Lipinski definition) is 2. The molecule has 9 heteroatoms. The molecule has 2 N–H and O–H groups in total. The Morgan fingerprint density at radius 1 is 1.26 bits per heavy atom. The molecule has 4 nitrogen and oxygen atoms in total. The summed E-state index contributed by atoms with van der Waals surface area (Å²) in [5.41, 5.74) is 0.441. The van der Waals surface area contributed by atoms with Crippen LogP contribution in [0, 0.1) is 5.82 Å². The number of hydrogen-bond acceptors (Lipinski definition) is 3. The number of halogens is 4. The zero-order valence-electron chi connectivity index (χ0n) is 9.88. The molecule has 19 heavy (non-hydrogen) atoms. The van der Waals surface area contributed by atoms with Gasteiger partial charge in [-0.2, -0.15) is 13.2 Å². The fraction of sp³-hybridized carbons (Fsp3) is 0.400. The summed E-state index contributed by atoms with van der Waals surface area (Å²) in [6.07, 6.45) is -4.70. The maximum Gasteiger partial charge on any atom is 0.402 e.